The molecule has 0 fully saturated rings. The third kappa shape index (κ3) is 6.74. The van der Waals surface area contributed by atoms with Crippen LogP contribution in [0.1, 0.15) is 43.0 Å². The third-order valence-electron chi connectivity index (χ3n) is 4.42. The highest BCUT2D eigenvalue weighted by Crippen LogP contribution is 2.31. The van der Waals surface area contributed by atoms with Crippen molar-refractivity contribution in [1.82, 2.24) is 5.32 Å². The van der Waals surface area contributed by atoms with Crippen molar-refractivity contribution in [2.75, 3.05) is 26.2 Å². The van der Waals surface area contributed by atoms with Gasteiger partial charge in [0.15, 0.2) is 15.6 Å². The number of quaternary nitrogens is 1. The molecule has 0 saturated heterocycles. The molecule has 0 spiro atoms. The summed E-state index contributed by atoms with van der Waals surface area (Å²) in [4.78, 5) is 13.6. The molecule has 0 unspecified atom stereocenters. The maximum atomic E-state index is 12.7. The zero-order valence-corrected chi connectivity index (χ0v) is 19.0. The number of nitrogens with one attached hydrogen (secondary N) is 2. The minimum atomic E-state index is -3.82. The lowest BCUT2D eigenvalue weighted by molar-refractivity contribution is -0.898. The summed E-state index contributed by atoms with van der Waals surface area (Å²) in [6.45, 7) is 7.78. The van der Waals surface area contributed by atoms with Gasteiger partial charge in [0, 0.05) is 0 Å². The van der Waals surface area contributed by atoms with E-state index in [1.807, 2.05) is 0 Å². The van der Waals surface area contributed by atoms with Gasteiger partial charge in [0.2, 0.25) is 0 Å². The minimum absolute atomic E-state index is 0.0493. The second-order valence-corrected chi connectivity index (χ2v) is 9.57. The molecule has 1 amide bonds. The van der Waals surface area contributed by atoms with Gasteiger partial charge in [-0.1, -0.05) is 43.1 Å². The van der Waals surface area contributed by atoms with E-state index in [2.05, 4.69) is 19.2 Å². The monoisotopic (exact) mass is 461 g/mol. The van der Waals surface area contributed by atoms with Crippen LogP contribution in [-0.2, 0) is 15.6 Å². The Balaban J connectivity index is 1.99. The van der Waals surface area contributed by atoms with Crippen molar-refractivity contribution in [3.05, 3.63) is 51.9 Å². The summed E-state index contributed by atoms with van der Waals surface area (Å²) in [5.41, 5.74) is 0. The van der Waals surface area contributed by atoms with Gasteiger partial charge in [-0.05, 0) is 37.1 Å². The Kier molecular flexibility index (Phi) is 9.02. The third-order valence-corrected chi connectivity index (χ3v) is 7.00. The Hall–Kier alpha value is -1.54. The Labute approximate surface area is 182 Å². The van der Waals surface area contributed by atoms with Gasteiger partial charge in [0.05, 0.1) is 36.2 Å². The zero-order valence-electron chi connectivity index (χ0n) is 16.6. The lowest BCUT2D eigenvalue weighted by Crippen LogP contribution is -3.12. The number of furan rings is 1. The molecule has 1 aromatic carbocycles. The molecule has 2 N–H and O–H groups in total. The van der Waals surface area contributed by atoms with E-state index in [1.54, 1.807) is 6.07 Å². The number of rotatable bonds is 11. The number of hydrogen-bond donors (Lipinski definition) is 2. The van der Waals surface area contributed by atoms with Crippen LogP contribution in [-0.4, -0.2) is 40.5 Å². The van der Waals surface area contributed by atoms with Crippen molar-refractivity contribution < 1.29 is 22.5 Å². The molecule has 0 aliphatic rings. The quantitative estimate of drug-likeness (QED) is 0.538. The maximum Gasteiger partial charge on any atom is 0.287 e. The van der Waals surface area contributed by atoms with Crippen LogP contribution in [0.4, 0.5) is 0 Å². The van der Waals surface area contributed by atoms with Crippen LogP contribution in [0.25, 0.3) is 0 Å². The van der Waals surface area contributed by atoms with E-state index in [0.29, 0.717) is 6.54 Å². The molecule has 6 nitrogen and oxygen atoms in total. The summed E-state index contributed by atoms with van der Waals surface area (Å²) in [6, 6.07) is 7.44. The predicted molar refractivity (Wildman–Crippen MR) is 115 cm³/mol. The average Bonchev–Trinajstić information content (AvgIpc) is 3.09. The number of sulfone groups is 1. The molecule has 2 rings (SSSR count). The Morgan fingerprint density at radius 3 is 2.24 bits per heavy atom. The number of hydrogen-bond acceptors (Lipinski definition) is 4. The summed E-state index contributed by atoms with van der Waals surface area (Å²) in [7, 11) is -3.82. The highest BCUT2D eigenvalue weighted by atomic mass is 35.5. The fourth-order valence-corrected chi connectivity index (χ4v) is 5.65. The Bertz CT molecular complexity index is 902. The van der Waals surface area contributed by atoms with Gasteiger partial charge < -0.3 is 14.6 Å². The molecule has 0 bridgehead atoms. The first-order valence-electron chi connectivity index (χ1n) is 9.65. The van der Waals surface area contributed by atoms with Gasteiger partial charge >= 0.3 is 0 Å². The number of carbonyl (C=O) groups is 1. The van der Waals surface area contributed by atoms with Gasteiger partial charge in [0.25, 0.3) is 5.91 Å². The molecule has 0 atom stereocenters. The van der Waals surface area contributed by atoms with Crippen LogP contribution in [0.5, 0.6) is 0 Å². The van der Waals surface area contributed by atoms with Crippen LogP contribution in [0, 0.1) is 0 Å². The number of amides is 1. The lowest BCUT2D eigenvalue weighted by Gasteiger charge is -2.18. The molecule has 2 aromatic rings. The molecule has 0 saturated carbocycles. The lowest BCUT2D eigenvalue weighted by atomic mass is 10.3. The normalized spacial score (nSPS) is 11.8. The van der Waals surface area contributed by atoms with Gasteiger partial charge in [-0.2, -0.15) is 0 Å². The molecule has 0 aliphatic carbocycles. The van der Waals surface area contributed by atoms with E-state index in [9.17, 15) is 13.2 Å². The van der Waals surface area contributed by atoms with Crippen molar-refractivity contribution in [3.8, 4) is 0 Å². The van der Waals surface area contributed by atoms with Gasteiger partial charge in [0.1, 0.15) is 16.4 Å². The molecule has 160 valence electrons. The van der Waals surface area contributed by atoms with E-state index in [0.717, 1.165) is 32.5 Å². The van der Waals surface area contributed by atoms with Crippen LogP contribution in [0.15, 0.2) is 39.6 Å². The zero-order chi connectivity index (χ0) is 21.4. The van der Waals surface area contributed by atoms with E-state index in [4.69, 9.17) is 27.6 Å². The summed E-state index contributed by atoms with van der Waals surface area (Å²) < 4.78 is 30.8. The van der Waals surface area contributed by atoms with Crippen molar-refractivity contribution in [3.63, 3.8) is 0 Å². The van der Waals surface area contributed by atoms with Gasteiger partial charge in [-0.25, -0.2) is 8.42 Å². The second-order valence-electron chi connectivity index (χ2n) is 6.83. The van der Waals surface area contributed by atoms with Crippen molar-refractivity contribution in [2.24, 2.45) is 0 Å². The van der Waals surface area contributed by atoms with Gasteiger partial charge in [-0.15, -0.1) is 0 Å². The summed E-state index contributed by atoms with van der Waals surface area (Å²) in [6.07, 6.45) is 2.18. The largest absolute Gasteiger partial charge is 0.455 e. The molecular weight excluding hydrogens is 435 g/mol. The fourth-order valence-electron chi connectivity index (χ4n) is 3.14. The summed E-state index contributed by atoms with van der Waals surface area (Å²) in [5, 5.41) is 2.93. The first-order chi connectivity index (χ1) is 13.8. The number of benzene rings is 1. The summed E-state index contributed by atoms with van der Waals surface area (Å²) in [5.74, 6) is -0.575. The molecule has 1 heterocycles. The minimum Gasteiger partial charge on any atom is -0.455 e. The maximum absolute atomic E-state index is 12.7. The first kappa shape index (κ1) is 23.7. The van der Waals surface area contributed by atoms with Crippen LogP contribution >= 0.6 is 23.2 Å². The highest BCUT2D eigenvalue weighted by molar-refractivity contribution is 7.90. The molecular formula is C20H27Cl2N2O4S+. The van der Waals surface area contributed by atoms with E-state index in [1.165, 1.54) is 29.2 Å². The van der Waals surface area contributed by atoms with E-state index < -0.39 is 15.6 Å². The van der Waals surface area contributed by atoms with E-state index in [-0.39, 0.29) is 32.4 Å². The second kappa shape index (κ2) is 11.0. The number of carbonyl (C=O) groups excluding carboxylic acids is 1. The standard InChI is InChI=1S/C20H26Cl2N2O4S/c1-3-11-24(12-4-2)13-10-23-20(25)18-9-8-15(28-18)14-29(26,27)19-16(21)6-5-7-17(19)22/h5-9H,3-4,10-14H2,1-2H3,(H,23,25)/p+1. The molecule has 0 radical (unpaired) electrons. The Morgan fingerprint density at radius 2 is 1.66 bits per heavy atom. The van der Waals surface area contributed by atoms with Crippen LogP contribution in [0.2, 0.25) is 10.0 Å². The topological polar surface area (TPSA) is 80.8 Å². The van der Waals surface area contributed by atoms with Crippen molar-refractivity contribution in [2.45, 2.75) is 37.3 Å². The molecule has 0 aliphatic heterocycles. The predicted octanol–water partition coefficient (Wildman–Crippen LogP) is 3.00. The van der Waals surface area contributed by atoms with Crippen LogP contribution in [0.3, 0.4) is 0 Å². The fraction of sp³-hybridized carbons (Fsp3) is 0.450. The Morgan fingerprint density at radius 1 is 1.03 bits per heavy atom. The van der Waals surface area contributed by atoms with E-state index >= 15 is 0 Å². The molecule has 1 aromatic heterocycles. The summed E-state index contributed by atoms with van der Waals surface area (Å²) >= 11 is 12.0. The number of halogens is 2. The SMILES string of the molecule is CCC[NH+](CCC)CCNC(=O)c1ccc(CS(=O)(=O)c2c(Cl)cccc2Cl)o1. The first-order valence-corrected chi connectivity index (χ1v) is 12.1. The van der Waals surface area contributed by atoms with Crippen LogP contribution < -0.4 is 10.2 Å². The van der Waals surface area contributed by atoms with Crippen molar-refractivity contribution >= 4 is 38.9 Å². The highest BCUT2D eigenvalue weighted by Gasteiger charge is 2.24. The van der Waals surface area contributed by atoms with Crippen molar-refractivity contribution in [1.29, 1.82) is 0 Å². The molecule has 9 heteroatoms. The smallest absolute Gasteiger partial charge is 0.287 e. The molecule has 29 heavy (non-hydrogen) atoms. The average molecular weight is 462 g/mol. The van der Waals surface area contributed by atoms with Gasteiger partial charge in [-0.3, -0.25) is 4.79 Å².